The minimum absolute atomic E-state index is 0.191. The third kappa shape index (κ3) is 2.49. The molecule has 1 nitrogen and oxygen atoms in total. The third-order valence-electron chi connectivity index (χ3n) is 2.44. The van der Waals surface area contributed by atoms with Gasteiger partial charge in [-0.3, -0.25) is 0 Å². The fourth-order valence-corrected chi connectivity index (χ4v) is 2.54. The smallest absolute Gasteiger partial charge is 0.133 e. The molecule has 0 fully saturated rings. The van der Waals surface area contributed by atoms with Gasteiger partial charge in [-0.15, -0.1) is 0 Å². The van der Waals surface area contributed by atoms with Crippen LogP contribution in [0.2, 0.25) is 5.02 Å². The van der Waals surface area contributed by atoms with Crippen molar-refractivity contribution in [3.05, 3.63) is 51.5 Å². The van der Waals surface area contributed by atoms with Gasteiger partial charge in [-0.2, -0.15) is 0 Å². The lowest BCUT2D eigenvalue weighted by atomic mass is 10.0. The topological polar surface area (TPSA) is 9.23 Å². The van der Waals surface area contributed by atoms with E-state index in [0.29, 0.717) is 10.0 Å². The number of halogens is 4. The summed E-state index contributed by atoms with van der Waals surface area (Å²) in [6.07, 6.45) is 0. The van der Waals surface area contributed by atoms with Crippen molar-refractivity contribution in [3.63, 3.8) is 0 Å². The Kier molecular flexibility index (Phi) is 3.88. The fourth-order valence-electron chi connectivity index (χ4n) is 1.67. The van der Waals surface area contributed by atoms with E-state index in [9.17, 15) is 8.78 Å². The molecule has 0 aliphatic rings. The van der Waals surface area contributed by atoms with E-state index in [1.165, 1.54) is 31.4 Å². The molecule has 0 bridgehead atoms. The molecular formula is C13H8BrClF2O. The summed E-state index contributed by atoms with van der Waals surface area (Å²) in [5.74, 6) is -0.721. The van der Waals surface area contributed by atoms with Gasteiger partial charge in [-0.05, 0) is 24.3 Å². The third-order valence-corrected chi connectivity index (χ3v) is 3.20. The van der Waals surface area contributed by atoms with Crippen LogP contribution in [0.1, 0.15) is 0 Å². The highest BCUT2D eigenvalue weighted by atomic mass is 79.9. The van der Waals surface area contributed by atoms with E-state index in [2.05, 4.69) is 15.9 Å². The maximum absolute atomic E-state index is 14.0. The summed E-state index contributed by atoms with van der Waals surface area (Å²) < 4.78 is 32.6. The van der Waals surface area contributed by atoms with Crippen molar-refractivity contribution in [2.75, 3.05) is 7.11 Å². The first-order valence-corrected chi connectivity index (χ1v) is 6.18. The maximum Gasteiger partial charge on any atom is 0.133 e. The van der Waals surface area contributed by atoms with Crippen LogP contribution >= 0.6 is 27.5 Å². The monoisotopic (exact) mass is 332 g/mol. The Morgan fingerprint density at radius 3 is 2.50 bits per heavy atom. The minimum atomic E-state index is -0.501. The van der Waals surface area contributed by atoms with Gasteiger partial charge < -0.3 is 4.74 Å². The lowest BCUT2D eigenvalue weighted by molar-refractivity contribution is 0.412. The highest BCUT2D eigenvalue weighted by molar-refractivity contribution is 9.10. The van der Waals surface area contributed by atoms with E-state index >= 15 is 0 Å². The van der Waals surface area contributed by atoms with Crippen molar-refractivity contribution >= 4 is 27.5 Å². The molecule has 0 aliphatic carbocycles. The molecule has 0 atom stereocenters. The van der Waals surface area contributed by atoms with Crippen LogP contribution in [0.5, 0.6) is 5.75 Å². The van der Waals surface area contributed by atoms with Gasteiger partial charge in [0.1, 0.15) is 17.4 Å². The van der Waals surface area contributed by atoms with Gasteiger partial charge in [0.15, 0.2) is 0 Å². The Balaban J connectivity index is 2.69. The van der Waals surface area contributed by atoms with Crippen molar-refractivity contribution in [3.8, 4) is 16.9 Å². The van der Waals surface area contributed by atoms with Crippen LogP contribution in [-0.4, -0.2) is 7.11 Å². The van der Waals surface area contributed by atoms with Crippen LogP contribution in [-0.2, 0) is 0 Å². The van der Waals surface area contributed by atoms with E-state index in [1.54, 1.807) is 6.07 Å². The van der Waals surface area contributed by atoms with E-state index in [4.69, 9.17) is 16.3 Å². The average Bonchev–Trinajstić information content (AvgIpc) is 2.29. The van der Waals surface area contributed by atoms with Crippen molar-refractivity contribution in [2.45, 2.75) is 0 Å². The number of methoxy groups -OCH3 is 1. The zero-order chi connectivity index (χ0) is 13.3. The fraction of sp³-hybridized carbons (Fsp3) is 0.0769. The number of hydrogen-bond acceptors (Lipinski definition) is 1. The summed E-state index contributed by atoms with van der Waals surface area (Å²) in [7, 11) is 1.39. The standard InChI is InChI=1S/C13H8BrClF2O/c1-18-12-6-8(16)2-3-9(12)13-10(15)4-7(14)5-11(13)17/h2-6H,1H3. The first-order valence-electron chi connectivity index (χ1n) is 5.01. The minimum Gasteiger partial charge on any atom is -0.496 e. The number of hydrogen-bond donors (Lipinski definition) is 0. The van der Waals surface area contributed by atoms with E-state index in [-0.39, 0.29) is 16.3 Å². The molecule has 0 saturated carbocycles. The van der Waals surface area contributed by atoms with Crippen molar-refractivity contribution in [2.24, 2.45) is 0 Å². The maximum atomic E-state index is 14.0. The molecule has 0 heterocycles. The molecule has 2 aromatic rings. The van der Waals surface area contributed by atoms with Gasteiger partial charge >= 0.3 is 0 Å². The first kappa shape index (κ1) is 13.3. The van der Waals surface area contributed by atoms with Gasteiger partial charge in [0.2, 0.25) is 0 Å². The largest absolute Gasteiger partial charge is 0.496 e. The predicted molar refractivity (Wildman–Crippen MR) is 71.1 cm³/mol. The van der Waals surface area contributed by atoms with Gasteiger partial charge in [0.05, 0.1) is 12.1 Å². The molecule has 0 radical (unpaired) electrons. The van der Waals surface area contributed by atoms with Gasteiger partial charge in [-0.25, -0.2) is 8.78 Å². The second-order valence-corrected chi connectivity index (χ2v) is 4.91. The van der Waals surface area contributed by atoms with Crippen LogP contribution < -0.4 is 4.74 Å². The van der Waals surface area contributed by atoms with Gasteiger partial charge in [-0.1, -0.05) is 27.5 Å². The quantitative estimate of drug-likeness (QED) is 0.747. The zero-order valence-corrected chi connectivity index (χ0v) is 11.6. The molecule has 5 heteroatoms. The van der Waals surface area contributed by atoms with Crippen molar-refractivity contribution in [1.82, 2.24) is 0 Å². The van der Waals surface area contributed by atoms with E-state index in [0.717, 1.165) is 0 Å². The van der Waals surface area contributed by atoms with Crippen molar-refractivity contribution in [1.29, 1.82) is 0 Å². The lowest BCUT2D eigenvalue weighted by Gasteiger charge is -2.11. The molecule has 0 unspecified atom stereocenters. The highest BCUT2D eigenvalue weighted by Crippen LogP contribution is 2.38. The number of ether oxygens (including phenoxy) is 1. The molecule has 0 saturated heterocycles. The van der Waals surface area contributed by atoms with Crippen LogP contribution in [0.3, 0.4) is 0 Å². The summed E-state index contributed by atoms with van der Waals surface area (Å²) >= 11 is 9.17. The summed E-state index contributed by atoms with van der Waals surface area (Å²) in [6.45, 7) is 0. The molecule has 0 aliphatic heterocycles. The predicted octanol–water partition coefficient (Wildman–Crippen LogP) is 5.06. The zero-order valence-electron chi connectivity index (χ0n) is 9.31. The van der Waals surface area contributed by atoms with Crippen LogP contribution in [0.4, 0.5) is 8.78 Å². The van der Waals surface area contributed by atoms with E-state index < -0.39 is 11.6 Å². The van der Waals surface area contributed by atoms with Crippen molar-refractivity contribution < 1.29 is 13.5 Å². The Bertz CT molecular complexity index is 579. The molecule has 0 aromatic heterocycles. The second kappa shape index (κ2) is 5.24. The molecule has 2 rings (SSSR count). The van der Waals surface area contributed by atoms with Gasteiger partial charge in [0, 0.05) is 21.7 Å². The van der Waals surface area contributed by atoms with Crippen LogP contribution in [0, 0.1) is 11.6 Å². The van der Waals surface area contributed by atoms with Crippen LogP contribution in [0.15, 0.2) is 34.8 Å². The number of benzene rings is 2. The molecular weight excluding hydrogens is 325 g/mol. The Hall–Kier alpha value is -1.13. The summed E-state index contributed by atoms with van der Waals surface area (Å²) in [5, 5.41) is 0.229. The average molecular weight is 334 g/mol. The molecule has 94 valence electrons. The molecule has 0 spiro atoms. The normalized spacial score (nSPS) is 10.5. The summed E-state index contributed by atoms with van der Waals surface area (Å²) in [4.78, 5) is 0. The molecule has 18 heavy (non-hydrogen) atoms. The first-order chi connectivity index (χ1) is 8.52. The molecule has 0 N–H and O–H groups in total. The lowest BCUT2D eigenvalue weighted by Crippen LogP contribution is -1.93. The molecule has 2 aromatic carbocycles. The van der Waals surface area contributed by atoms with E-state index in [1.807, 2.05) is 0 Å². The Morgan fingerprint density at radius 2 is 1.89 bits per heavy atom. The Labute approximate surface area is 116 Å². The van der Waals surface area contributed by atoms with Crippen LogP contribution in [0.25, 0.3) is 11.1 Å². The SMILES string of the molecule is COc1cc(F)ccc1-c1c(F)cc(Br)cc1Cl. The second-order valence-electron chi connectivity index (χ2n) is 3.59. The highest BCUT2D eigenvalue weighted by Gasteiger charge is 2.16. The Morgan fingerprint density at radius 1 is 1.17 bits per heavy atom. The van der Waals surface area contributed by atoms with Gasteiger partial charge in [0.25, 0.3) is 0 Å². The summed E-state index contributed by atoms with van der Waals surface area (Å²) in [5.41, 5.74) is 0.602. The molecule has 0 amide bonds. The summed E-state index contributed by atoms with van der Waals surface area (Å²) in [6, 6.07) is 6.72. The number of rotatable bonds is 2.